The third-order valence-electron chi connectivity index (χ3n) is 5.03. The highest BCUT2D eigenvalue weighted by Gasteiger charge is 2.14. The number of rotatable bonds is 8. The van der Waals surface area contributed by atoms with Crippen LogP contribution in [0.15, 0.2) is 72.8 Å². The number of hydrogen-bond acceptors (Lipinski definition) is 3. The average Bonchev–Trinajstić information content (AvgIpc) is 2.78. The summed E-state index contributed by atoms with van der Waals surface area (Å²) >= 11 is 18.8. The van der Waals surface area contributed by atoms with Gasteiger partial charge in [0.2, 0.25) is 0 Å². The van der Waals surface area contributed by atoms with E-state index >= 15 is 0 Å². The Kier molecular flexibility index (Phi) is 7.31. The Labute approximate surface area is 202 Å². The van der Waals surface area contributed by atoms with Crippen molar-refractivity contribution in [2.24, 2.45) is 0 Å². The van der Waals surface area contributed by atoms with Gasteiger partial charge >= 0.3 is 0 Å². The van der Waals surface area contributed by atoms with Gasteiger partial charge in [-0.25, -0.2) is 0 Å². The molecule has 0 atom stereocenters. The third kappa shape index (κ3) is 5.24. The van der Waals surface area contributed by atoms with Crippen molar-refractivity contribution in [1.29, 1.82) is 0 Å². The summed E-state index contributed by atoms with van der Waals surface area (Å²) in [6, 6.07) is 23.6. The molecule has 164 valence electrons. The third-order valence-corrected chi connectivity index (χ3v) is 5.90. The normalized spacial score (nSPS) is 10.9. The van der Waals surface area contributed by atoms with Gasteiger partial charge in [-0.15, -0.1) is 0 Å². The van der Waals surface area contributed by atoms with Crippen LogP contribution in [0.25, 0.3) is 10.8 Å². The first-order valence-electron chi connectivity index (χ1n) is 10.3. The molecule has 4 aromatic rings. The summed E-state index contributed by atoms with van der Waals surface area (Å²) in [5.41, 5.74) is 2.87. The zero-order valence-corrected chi connectivity index (χ0v) is 19.8. The molecule has 32 heavy (non-hydrogen) atoms. The SMILES string of the molecule is CCOc1cc(CNc2cccc3ccccc23)cc(Cl)c1OCc1ccc(Cl)cc1Cl. The summed E-state index contributed by atoms with van der Waals surface area (Å²) in [4.78, 5) is 0. The fourth-order valence-corrected chi connectivity index (χ4v) is 4.24. The van der Waals surface area contributed by atoms with Gasteiger partial charge in [0.05, 0.1) is 11.6 Å². The van der Waals surface area contributed by atoms with Crippen LogP contribution in [0.4, 0.5) is 5.69 Å². The Morgan fingerprint density at radius 3 is 2.44 bits per heavy atom. The van der Waals surface area contributed by atoms with Gasteiger partial charge in [0, 0.05) is 33.2 Å². The lowest BCUT2D eigenvalue weighted by Crippen LogP contribution is -2.04. The van der Waals surface area contributed by atoms with Crippen molar-refractivity contribution >= 4 is 51.3 Å². The van der Waals surface area contributed by atoms with E-state index in [1.165, 1.54) is 10.8 Å². The van der Waals surface area contributed by atoms with Crippen molar-refractivity contribution in [2.45, 2.75) is 20.1 Å². The molecule has 0 fully saturated rings. The highest BCUT2D eigenvalue weighted by molar-refractivity contribution is 6.35. The number of ether oxygens (including phenoxy) is 2. The highest BCUT2D eigenvalue weighted by atomic mass is 35.5. The summed E-state index contributed by atoms with van der Waals surface area (Å²) in [5, 5.41) is 7.47. The quantitative estimate of drug-likeness (QED) is 0.271. The van der Waals surface area contributed by atoms with Crippen molar-refractivity contribution < 1.29 is 9.47 Å². The minimum absolute atomic E-state index is 0.253. The zero-order valence-electron chi connectivity index (χ0n) is 17.5. The first kappa shape index (κ1) is 22.6. The lowest BCUT2D eigenvalue weighted by molar-refractivity contribution is 0.269. The minimum atomic E-state index is 0.253. The Bertz CT molecular complexity index is 1240. The smallest absolute Gasteiger partial charge is 0.180 e. The Morgan fingerprint density at radius 2 is 1.62 bits per heavy atom. The molecule has 4 rings (SSSR count). The summed E-state index contributed by atoms with van der Waals surface area (Å²) in [5.74, 6) is 1.09. The molecule has 0 saturated carbocycles. The Morgan fingerprint density at radius 1 is 0.812 bits per heavy atom. The van der Waals surface area contributed by atoms with Crippen LogP contribution < -0.4 is 14.8 Å². The summed E-state index contributed by atoms with van der Waals surface area (Å²) in [6.07, 6.45) is 0. The number of fused-ring (bicyclic) bond motifs is 1. The molecule has 0 unspecified atom stereocenters. The second-order valence-corrected chi connectivity index (χ2v) is 8.49. The van der Waals surface area contributed by atoms with Crippen molar-refractivity contribution in [3.8, 4) is 11.5 Å². The second-order valence-electron chi connectivity index (χ2n) is 7.24. The topological polar surface area (TPSA) is 30.5 Å². The maximum atomic E-state index is 6.59. The monoisotopic (exact) mass is 485 g/mol. The molecular weight excluding hydrogens is 465 g/mol. The Balaban J connectivity index is 1.54. The van der Waals surface area contributed by atoms with Crippen LogP contribution in [0.3, 0.4) is 0 Å². The van der Waals surface area contributed by atoms with E-state index in [0.29, 0.717) is 39.7 Å². The largest absolute Gasteiger partial charge is 0.490 e. The van der Waals surface area contributed by atoms with E-state index in [-0.39, 0.29) is 6.61 Å². The lowest BCUT2D eigenvalue weighted by Gasteiger charge is -2.17. The van der Waals surface area contributed by atoms with Crippen LogP contribution in [-0.4, -0.2) is 6.61 Å². The van der Waals surface area contributed by atoms with E-state index < -0.39 is 0 Å². The molecule has 4 aromatic carbocycles. The van der Waals surface area contributed by atoms with E-state index in [1.54, 1.807) is 12.1 Å². The predicted molar refractivity (Wildman–Crippen MR) is 135 cm³/mol. The molecule has 0 aliphatic carbocycles. The van der Waals surface area contributed by atoms with Gasteiger partial charge in [-0.1, -0.05) is 77.3 Å². The standard InChI is InChI=1S/C26H22Cl3NO2/c1-2-31-25-13-17(15-30-24-9-5-7-18-6-3-4-8-21(18)24)12-23(29)26(25)32-16-19-10-11-20(27)14-22(19)28/h3-14,30H,2,15-16H2,1H3. The minimum Gasteiger partial charge on any atom is -0.490 e. The van der Waals surface area contributed by atoms with Gasteiger partial charge in [-0.05, 0) is 48.2 Å². The van der Waals surface area contributed by atoms with E-state index in [0.717, 1.165) is 16.8 Å². The average molecular weight is 487 g/mol. The molecule has 0 saturated heterocycles. The molecule has 0 amide bonds. The molecule has 0 aliphatic rings. The fourth-order valence-electron chi connectivity index (χ4n) is 3.49. The summed E-state index contributed by atoms with van der Waals surface area (Å²) in [6.45, 7) is 3.27. The number of hydrogen-bond donors (Lipinski definition) is 1. The maximum Gasteiger partial charge on any atom is 0.180 e. The van der Waals surface area contributed by atoms with Crippen LogP contribution in [0.2, 0.25) is 15.1 Å². The molecule has 0 spiro atoms. The van der Waals surface area contributed by atoms with Crippen LogP contribution >= 0.6 is 34.8 Å². The molecular formula is C26H22Cl3NO2. The van der Waals surface area contributed by atoms with Crippen LogP contribution in [0.1, 0.15) is 18.1 Å². The molecule has 0 radical (unpaired) electrons. The van der Waals surface area contributed by atoms with Gasteiger partial charge in [-0.2, -0.15) is 0 Å². The number of anilines is 1. The maximum absolute atomic E-state index is 6.59. The molecule has 1 N–H and O–H groups in total. The first-order valence-corrected chi connectivity index (χ1v) is 11.4. The number of benzene rings is 4. The molecule has 6 heteroatoms. The van der Waals surface area contributed by atoms with E-state index in [4.69, 9.17) is 44.3 Å². The molecule has 0 aromatic heterocycles. The predicted octanol–water partition coefficient (Wildman–Crippen LogP) is 8.39. The van der Waals surface area contributed by atoms with Crippen molar-refractivity contribution in [1.82, 2.24) is 0 Å². The number of nitrogens with one attached hydrogen (secondary N) is 1. The van der Waals surface area contributed by atoms with Gasteiger partial charge in [0.15, 0.2) is 11.5 Å². The molecule has 3 nitrogen and oxygen atoms in total. The zero-order chi connectivity index (χ0) is 22.5. The fraction of sp³-hybridized carbons (Fsp3) is 0.154. The molecule has 0 heterocycles. The van der Waals surface area contributed by atoms with Gasteiger partial charge in [-0.3, -0.25) is 0 Å². The van der Waals surface area contributed by atoms with Gasteiger partial charge in [0.1, 0.15) is 6.61 Å². The van der Waals surface area contributed by atoms with Crippen LogP contribution in [0, 0.1) is 0 Å². The van der Waals surface area contributed by atoms with Crippen LogP contribution in [0.5, 0.6) is 11.5 Å². The van der Waals surface area contributed by atoms with Crippen molar-refractivity contribution in [3.05, 3.63) is 99.0 Å². The number of halogens is 3. The van der Waals surface area contributed by atoms with E-state index in [9.17, 15) is 0 Å². The van der Waals surface area contributed by atoms with E-state index in [2.05, 4.69) is 29.6 Å². The summed E-state index contributed by atoms with van der Waals surface area (Å²) < 4.78 is 11.8. The Hall–Kier alpha value is -2.59. The summed E-state index contributed by atoms with van der Waals surface area (Å²) in [7, 11) is 0. The molecule has 0 aliphatic heterocycles. The highest BCUT2D eigenvalue weighted by Crippen LogP contribution is 2.38. The van der Waals surface area contributed by atoms with E-state index in [1.807, 2.05) is 43.3 Å². The second kappa shape index (κ2) is 10.4. The van der Waals surface area contributed by atoms with Crippen molar-refractivity contribution in [2.75, 3.05) is 11.9 Å². The first-order chi connectivity index (χ1) is 15.5. The van der Waals surface area contributed by atoms with Gasteiger partial charge in [0.25, 0.3) is 0 Å². The molecule has 0 bridgehead atoms. The van der Waals surface area contributed by atoms with Crippen LogP contribution in [-0.2, 0) is 13.2 Å². The van der Waals surface area contributed by atoms with Gasteiger partial charge < -0.3 is 14.8 Å². The van der Waals surface area contributed by atoms with Crippen molar-refractivity contribution in [3.63, 3.8) is 0 Å². The lowest BCUT2D eigenvalue weighted by atomic mass is 10.1.